The zero-order valence-corrected chi connectivity index (χ0v) is 17.7. The van der Waals surface area contributed by atoms with E-state index in [1.807, 2.05) is 31.1 Å². The largest absolute Gasteiger partial charge is 0.480 e. The van der Waals surface area contributed by atoms with Gasteiger partial charge in [-0.25, -0.2) is 0 Å². The Morgan fingerprint density at radius 2 is 1.97 bits per heavy atom. The minimum atomic E-state index is -0.508. The molecule has 2 heterocycles. The Balaban J connectivity index is 1.49. The smallest absolute Gasteiger partial charge is 0.264 e. The monoisotopic (exact) mass is 414 g/mol. The molecule has 0 aromatic heterocycles. The Morgan fingerprint density at radius 1 is 1.17 bits per heavy atom. The molecule has 1 amide bonds. The number of halogens is 1. The maximum atomic E-state index is 13.4. The van der Waals surface area contributed by atoms with Crippen molar-refractivity contribution in [3.8, 4) is 5.75 Å². The van der Waals surface area contributed by atoms with Crippen LogP contribution in [0.3, 0.4) is 0 Å². The van der Waals surface area contributed by atoms with Gasteiger partial charge in [0.15, 0.2) is 6.10 Å². The predicted molar refractivity (Wildman–Crippen MR) is 115 cm³/mol. The fraction of sp³-hybridized carbons (Fsp3) is 0.435. The van der Waals surface area contributed by atoms with Gasteiger partial charge in [0.1, 0.15) is 5.75 Å². The first-order chi connectivity index (χ1) is 14.0. The van der Waals surface area contributed by atoms with E-state index in [2.05, 4.69) is 29.2 Å². The summed E-state index contributed by atoms with van der Waals surface area (Å²) in [6.45, 7) is 1.91. The molecule has 0 aliphatic carbocycles. The normalized spacial score (nSPS) is 20.2. The second kappa shape index (κ2) is 8.64. The molecule has 0 bridgehead atoms. The lowest BCUT2D eigenvalue weighted by molar-refractivity contribution is -0.140. The maximum absolute atomic E-state index is 13.4. The van der Waals surface area contributed by atoms with Gasteiger partial charge in [0.05, 0.1) is 6.10 Å². The fourth-order valence-corrected chi connectivity index (χ4v) is 4.14. The van der Waals surface area contributed by atoms with E-state index in [1.165, 1.54) is 0 Å². The van der Waals surface area contributed by atoms with Gasteiger partial charge in [-0.1, -0.05) is 23.7 Å². The van der Waals surface area contributed by atoms with Crippen molar-refractivity contribution in [3.05, 3.63) is 58.6 Å². The fourth-order valence-electron chi connectivity index (χ4n) is 3.94. The highest BCUT2D eigenvalue weighted by molar-refractivity contribution is 6.30. The van der Waals surface area contributed by atoms with Crippen molar-refractivity contribution >= 4 is 23.2 Å². The van der Waals surface area contributed by atoms with Crippen LogP contribution >= 0.6 is 11.6 Å². The minimum absolute atomic E-state index is 0.00417. The summed E-state index contributed by atoms with van der Waals surface area (Å²) >= 11 is 6.10. The lowest BCUT2D eigenvalue weighted by Crippen LogP contribution is -2.44. The predicted octanol–water partition coefficient (Wildman–Crippen LogP) is 3.92. The number of hydrogen-bond donors (Lipinski definition) is 0. The van der Waals surface area contributed by atoms with E-state index in [9.17, 15) is 4.79 Å². The molecule has 2 aliphatic rings. The first-order valence-electron chi connectivity index (χ1n) is 10.1. The number of benzene rings is 2. The first-order valence-corrected chi connectivity index (χ1v) is 10.5. The highest BCUT2D eigenvalue weighted by atomic mass is 35.5. The van der Waals surface area contributed by atoms with Crippen LogP contribution in [0.5, 0.6) is 5.75 Å². The van der Waals surface area contributed by atoms with Gasteiger partial charge < -0.3 is 19.3 Å². The third-order valence-electron chi connectivity index (χ3n) is 5.56. The molecule has 4 rings (SSSR count). The zero-order chi connectivity index (χ0) is 20.4. The van der Waals surface area contributed by atoms with Crippen LogP contribution in [0, 0.1) is 0 Å². The van der Waals surface area contributed by atoms with Crippen LogP contribution in [0.1, 0.15) is 24.0 Å². The molecule has 29 heavy (non-hydrogen) atoms. The van der Waals surface area contributed by atoms with Crippen LogP contribution in [0.2, 0.25) is 5.02 Å². The number of ether oxygens (including phenoxy) is 2. The third kappa shape index (κ3) is 4.68. The van der Waals surface area contributed by atoms with Crippen molar-refractivity contribution < 1.29 is 14.3 Å². The number of carbonyl (C=O) groups is 1. The molecule has 0 N–H and O–H groups in total. The maximum Gasteiger partial charge on any atom is 0.264 e. The van der Waals surface area contributed by atoms with Crippen LogP contribution < -0.4 is 9.64 Å². The average molecular weight is 415 g/mol. The Labute approximate surface area is 177 Å². The summed E-state index contributed by atoms with van der Waals surface area (Å²) in [4.78, 5) is 17.3. The standard InChI is InChI=1S/C23H27ClN2O3/c1-25(2)19-8-5-16(6-9-19)14-26(15-20-4-3-11-28-20)23(27)22-13-17-12-18(24)7-10-21(17)29-22/h5-10,12,20,22H,3-4,11,13-15H2,1-2H3. The van der Waals surface area contributed by atoms with Gasteiger partial charge in [0.25, 0.3) is 5.91 Å². The van der Waals surface area contributed by atoms with E-state index in [1.54, 1.807) is 6.07 Å². The quantitative estimate of drug-likeness (QED) is 0.718. The van der Waals surface area contributed by atoms with Gasteiger partial charge in [0.2, 0.25) is 0 Å². The van der Waals surface area contributed by atoms with Crippen molar-refractivity contribution in [2.75, 3.05) is 32.1 Å². The molecule has 2 aromatic carbocycles. The number of rotatable bonds is 6. The number of anilines is 1. The van der Waals surface area contributed by atoms with E-state index >= 15 is 0 Å². The summed E-state index contributed by atoms with van der Waals surface area (Å²) in [6, 6.07) is 13.8. The highest BCUT2D eigenvalue weighted by Crippen LogP contribution is 2.32. The van der Waals surface area contributed by atoms with E-state index < -0.39 is 6.10 Å². The van der Waals surface area contributed by atoms with Crippen molar-refractivity contribution in [2.45, 2.75) is 38.0 Å². The van der Waals surface area contributed by atoms with Crippen LogP contribution in [0.4, 0.5) is 5.69 Å². The van der Waals surface area contributed by atoms with Gasteiger partial charge in [0, 0.05) is 50.9 Å². The van der Waals surface area contributed by atoms with Crippen LogP contribution in [0.15, 0.2) is 42.5 Å². The first kappa shape index (κ1) is 20.0. The van der Waals surface area contributed by atoms with Gasteiger partial charge in [-0.2, -0.15) is 0 Å². The van der Waals surface area contributed by atoms with E-state index in [4.69, 9.17) is 21.1 Å². The van der Waals surface area contributed by atoms with Gasteiger partial charge in [-0.15, -0.1) is 0 Å². The highest BCUT2D eigenvalue weighted by Gasteiger charge is 2.34. The Hall–Kier alpha value is -2.24. The molecule has 6 heteroatoms. The molecule has 1 saturated heterocycles. The van der Waals surface area contributed by atoms with E-state index in [0.29, 0.717) is 24.5 Å². The molecule has 0 saturated carbocycles. The number of hydrogen-bond acceptors (Lipinski definition) is 4. The number of carbonyl (C=O) groups excluding carboxylic acids is 1. The molecule has 1 fully saturated rings. The lowest BCUT2D eigenvalue weighted by atomic mass is 10.1. The molecule has 5 nitrogen and oxygen atoms in total. The number of nitrogens with zero attached hydrogens (tertiary/aromatic N) is 2. The van der Waals surface area contributed by atoms with E-state index in [0.717, 1.165) is 42.0 Å². The molecule has 0 radical (unpaired) electrons. The van der Waals surface area contributed by atoms with Crippen LogP contribution in [0.25, 0.3) is 0 Å². The lowest BCUT2D eigenvalue weighted by Gasteiger charge is -2.28. The Bertz CT molecular complexity index is 863. The summed E-state index contributed by atoms with van der Waals surface area (Å²) in [5.74, 6) is 0.754. The van der Waals surface area contributed by atoms with Crippen molar-refractivity contribution in [1.82, 2.24) is 4.90 Å². The summed E-state index contributed by atoms with van der Waals surface area (Å²) in [7, 11) is 4.03. The molecule has 2 aromatic rings. The van der Waals surface area contributed by atoms with Gasteiger partial charge >= 0.3 is 0 Å². The summed E-state index contributed by atoms with van der Waals surface area (Å²) in [5, 5.41) is 0.664. The summed E-state index contributed by atoms with van der Waals surface area (Å²) in [6.07, 6.45) is 2.18. The van der Waals surface area contributed by atoms with Crippen LogP contribution in [-0.4, -0.2) is 50.3 Å². The van der Waals surface area contributed by atoms with Gasteiger partial charge in [-0.05, 0) is 54.3 Å². The zero-order valence-electron chi connectivity index (χ0n) is 16.9. The molecule has 154 valence electrons. The Kier molecular flexibility index (Phi) is 5.97. The molecule has 0 spiro atoms. The second-order valence-corrected chi connectivity index (χ2v) is 8.41. The summed E-state index contributed by atoms with van der Waals surface area (Å²) in [5.41, 5.74) is 3.22. The minimum Gasteiger partial charge on any atom is -0.480 e. The van der Waals surface area contributed by atoms with Crippen LogP contribution in [-0.2, 0) is 22.5 Å². The summed E-state index contributed by atoms with van der Waals surface area (Å²) < 4.78 is 11.8. The average Bonchev–Trinajstić information content (AvgIpc) is 3.36. The number of fused-ring (bicyclic) bond motifs is 1. The molecule has 2 aliphatic heterocycles. The van der Waals surface area contributed by atoms with Crippen molar-refractivity contribution in [3.63, 3.8) is 0 Å². The molecule has 2 atom stereocenters. The molecule has 2 unspecified atom stereocenters. The Morgan fingerprint density at radius 3 is 2.66 bits per heavy atom. The number of amides is 1. The van der Waals surface area contributed by atoms with Crippen molar-refractivity contribution in [1.29, 1.82) is 0 Å². The van der Waals surface area contributed by atoms with E-state index in [-0.39, 0.29) is 12.0 Å². The SMILES string of the molecule is CN(C)c1ccc(CN(CC2CCCO2)C(=O)C2Cc3cc(Cl)ccc3O2)cc1. The molecular formula is C23H27ClN2O3. The van der Waals surface area contributed by atoms with Gasteiger partial charge in [-0.3, -0.25) is 4.79 Å². The second-order valence-electron chi connectivity index (χ2n) is 7.98. The third-order valence-corrected chi connectivity index (χ3v) is 5.79. The topological polar surface area (TPSA) is 42.0 Å². The molecular weight excluding hydrogens is 388 g/mol. The van der Waals surface area contributed by atoms with Crippen molar-refractivity contribution in [2.24, 2.45) is 0 Å².